The average Bonchev–Trinajstić information content (AvgIpc) is 2.24. The van der Waals surface area contributed by atoms with Crippen LogP contribution in [0.3, 0.4) is 0 Å². The van der Waals surface area contributed by atoms with Gasteiger partial charge in [-0.2, -0.15) is 0 Å². The highest BCUT2D eigenvalue weighted by molar-refractivity contribution is 5.78. The van der Waals surface area contributed by atoms with Crippen molar-refractivity contribution in [2.75, 3.05) is 6.61 Å². The summed E-state index contributed by atoms with van der Waals surface area (Å²) in [5.41, 5.74) is 0. The first-order valence-electron chi connectivity index (χ1n) is 5.61. The Morgan fingerprint density at radius 1 is 1.50 bits per heavy atom. The fourth-order valence-corrected chi connectivity index (χ4v) is 1.28. The van der Waals surface area contributed by atoms with Crippen LogP contribution in [0.4, 0.5) is 0 Å². The SMILES string of the molecule is C=CCCOC(=O)C[C@@H](CCCC)C(=O)O. The predicted molar refractivity (Wildman–Crippen MR) is 61.0 cm³/mol. The molecule has 0 heterocycles. The van der Waals surface area contributed by atoms with Crippen molar-refractivity contribution in [3.8, 4) is 0 Å². The van der Waals surface area contributed by atoms with Crippen LogP contribution in [0.5, 0.6) is 0 Å². The molecule has 0 rings (SSSR count). The lowest BCUT2D eigenvalue weighted by Crippen LogP contribution is -2.19. The molecule has 0 aliphatic heterocycles. The van der Waals surface area contributed by atoms with Crippen LogP contribution in [0, 0.1) is 5.92 Å². The van der Waals surface area contributed by atoms with Gasteiger partial charge in [0.05, 0.1) is 18.9 Å². The molecular weight excluding hydrogens is 208 g/mol. The van der Waals surface area contributed by atoms with Gasteiger partial charge >= 0.3 is 11.9 Å². The first-order chi connectivity index (χ1) is 7.61. The number of aliphatic carboxylic acids is 1. The molecule has 0 aromatic carbocycles. The molecule has 0 fully saturated rings. The predicted octanol–water partition coefficient (Wildman–Crippen LogP) is 2.39. The van der Waals surface area contributed by atoms with E-state index < -0.39 is 17.9 Å². The van der Waals surface area contributed by atoms with Gasteiger partial charge in [-0.05, 0) is 12.8 Å². The molecule has 0 unspecified atom stereocenters. The number of carbonyl (C=O) groups excluding carboxylic acids is 1. The Balaban J connectivity index is 3.92. The van der Waals surface area contributed by atoms with E-state index in [9.17, 15) is 9.59 Å². The number of carbonyl (C=O) groups is 2. The van der Waals surface area contributed by atoms with E-state index in [-0.39, 0.29) is 13.0 Å². The van der Waals surface area contributed by atoms with Gasteiger partial charge in [0.2, 0.25) is 0 Å². The number of hydrogen-bond donors (Lipinski definition) is 1. The van der Waals surface area contributed by atoms with Gasteiger partial charge in [0, 0.05) is 0 Å². The zero-order valence-electron chi connectivity index (χ0n) is 9.78. The van der Waals surface area contributed by atoms with Crippen LogP contribution in [0.2, 0.25) is 0 Å². The Hall–Kier alpha value is -1.32. The van der Waals surface area contributed by atoms with Crippen molar-refractivity contribution in [3.63, 3.8) is 0 Å². The lowest BCUT2D eigenvalue weighted by Gasteiger charge is -2.10. The maximum absolute atomic E-state index is 11.3. The topological polar surface area (TPSA) is 63.6 Å². The van der Waals surface area contributed by atoms with Gasteiger partial charge < -0.3 is 9.84 Å². The van der Waals surface area contributed by atoms with E-state index in [1.54, 1.807) is 6.08 Å². The van der Waals surface area contributed by atoms with Crippen LogP contribution in [0.25, 0.3) is 0 Å². The molecule has 4 heteroatoms. The number of ether oxygens (including phenoxy) is 1. The summed E-state index contributed by atoms with van der Waals surface area (Å²) >= 11 is 0. The zero-order valence-corrected chi connectivity index (χ0v) is 9.78. The highest BCUT2D eigenvalue weighted by Crippen LogP contribution is 2.14. The highest BCUT2D eigenvalue weighted by Gasteiger charge is 2.21. The van der Waals surface area contributed by atoms with Gasteiger partial charge in [-0.1, -0.05) is 25.8 Å². The van der Waals surface area contributed by atoms with Crippen LogP contribution in [0.1, 0.15) is 39.0 Å². The summed E-state index contributed by atoms with van der Waals surface area (Å²) in [5, 5.41) is 8.90. The normalized spacial score (nSPS) is 11.8. The summed E-state index contributed by atoms with van der Waals surface area (Å²) in [4.78, 5) is 22.1. The van der Waals surface area contributed by atoms with E-state index in [1.165, 1.54) is 0 Å². The van der Waals surface area contributed by atoms with Gasteiger partial charge in [-0.25, -0.2) is 0 Å². The second-order valence-corrected chi connectivity index (χ2v) is 3.68. The molecule has 0 saturated heterocycles. The Morgan fingerprint density at radius 2 is 2.19 bits per heavy atom. The monoisotopic (exact) mass is 228 g/mol. The smallest absolute Gasteiger partial charge is 0.307 e. The molecule has 0 aliphatic carbocycles. The van der Waals surface area contributed by atoms with Gasteiger partial charge in [0.25, 0.3) is 0 Å². The van der Waals surface area contributed by atoms with Gasteiger partial charge in [0.1, 0.15) is 0 Å². The van der Waals surface area contributed by atoms with Crippen LogP contribution in [-0.2, 0) is 14.3 Å². The minimum atomic E-state index is -0.922. The lowest BCUT2D eigenvalue weighted by molar-refractivity contribution is -0.151. The molecule has 0 saturated carbocycles. The van der Waals surface area contributed by atoms with Crippen LogP contribution < -0.4 is 0 Å². The van der Waals surface area contributed by atoms with Crippen molar-refractivity contribution in [2.45, 2.75) is 39.0 Å². The van der Waals surface area contributed by atoms with Crippen LogP contribution in [0.15, 0.2) is 12.7 Å². The molecule has 92 valence electrons. The van der Waals surface area contributed by atoms with Gasteiger partial charge in [0.15, 0.2) is 0 Å². The highest BCUT2D eigenvalue weighted by atomic mass is 16.5. The molecule has 0 aliphatic rings. The molecule has 1 atom stereocenters. The summed E-state index contributed by atoms with van der Waals surface area (Å²) in [6, 6.07) is 0. The van der Waals surface area contributed by atoms with E-state index in [4.69, 9.17) is 9.84 Å². The summed E-state index contributed by atoms with van der Waals surface area (Å²) in [6.07, 6.45) is 4.48. The maximum Gasteiger partial charge on any atom is 0.307 e. The van der Waals surface area contributed by atoms with Crippen molar-refractivity contribution < 1.29 is 19.4 Å². The molecule has 0 spiro atoms. The van der Waals surface area contributed by atoms with E-state index in [0.29, 0.717) is 12.8 Å². The van der Waals surface area contributed by atoms with Crippen LogP contribution in [-0.4, -0.2) is 23.7 Å². The minimum Gasteiger partial charge on any atom is -0.481 e. The fraction of sp³-hybridized carbons (Fsp3) is 0.667. The second kappa shape index (κ2) is 8.95. The van der Waals surface area contributed by atoms with E-state index in [1.807, 2.05) is 6.92 Å². The Labute approximate surface area is 96.3 Å². The minimum absolute atomic E-state index is 0.0352. The number of rotatable bonds is 9. The van der Waals surface area contributed by atoms with Gasteiger partial charge in [-0.15, -0.1) is 6.58 Å². The molecule has 1 N–H and O–H groups in total. The van der Waals surface area contributed by atoms with Crippen molar-refractivity contribution in [1.29, 1.82) is 0 Å². The molecule has 0 aromatic heterocycles. The third-order valence-corrected chi connectivity index (χ3v) is 2.25. The number of esters is 1. The van der Waals surface area contributed by atoms with Crippen molar-refractivity contribution in [3.05, 3.63) is 12.7 Å². The lowest BCUT2D eigenvalue weighted by atomic mass is 9.99. The Kier molecular flexibility index (Phi) is 8.21. The quantitative estimate of drug-likeness (QED) is 0.374. The summed E-state index contributed by atoms with van der Waals surface area (Å²) in [5.74, 6) is -1.98. The summed E-state index contributed by atoms with van der Waals surface area (Å²) in [6.45, 7) is 5.77. The first-order valence-corrected chi connectivity index (χ1v) is 5.61. The third-order valence-electron chi connectivity index (χ3n) is 2.25. The Morgan fingerprint density at radius 3 is 2.69 bits per heavy atom. The van der Waals surface area contributed by atoms with Crippen molar-refractivity contribution >= 4 is 11.9 Å². The molecule has 0 amide bonds. The molecular formula is C12H20O4. The van der Waals surface area contributed by atoms with Gasteiger partial charge in [-0.3, -0.25) is 9.59 Å². The number of carboxylic acid groups (broad SMARTS) is 1. The number of hydrogen-bond acceptors (Lipinski definition) is 3. The standard InChI is InChI=1S/C12H20O4/c1-3-5-7-10(12(14)15)9-11(13)16-8-6-4-2/h4,10H,2-3,5-9H2,1H3,(H,14,15)/t10-/m1/s1. The fourth-order valence-electron chi connectivity index (χ4n) is 1.28. The van der Waals surface area contributed by atoms with Crippen molar-refractivity contribution in [1.82, 2.24) is 0 Å². The second-order valence-electron chi connectivity index (χ2n) is 3.68. The van der Waals surface area contributed by atoms with Crippen molar-refractivity contribution in [2.24, 2.45) is 5.92 Å². The number of unbranched alkanes of at least 4 members (excludes halogenated alkanes) is 1. The van der Waals surface area contributed by atoms with E-state index in [0.717, 1.165) is 12.8 Å². The largest absolute Gasteiger partial charge is 0.481 e. The molecule has 0 bridgehead atoms. The van der Waals surface area contributed by atoms with E-state index in [2.05, 4.69) is 6.58 Å². The molecule has 0 radical (unpaired) electrons. The van der Waals surface area contributed by atoms with E-state index >= 15 is 0 Å². The average molecular weight is 228 g/mol. The maximum atomic E-state index is 11.3. The number of carboxylic acids is 1. The zero-order chi connectivity index (χ0) is 12.4. The Bertz CT molecular complexity index is 235. The molecule has 16 heavy (non-hydrogen) atoms. The first kappa shape index (κ1) is 14.7. The third kappa shape index (κ3) is 7.04. The molecule has 0 aromatic rings. The summed E-state index contributed by atoms with van der Waals surface area (Å²) < 4.78 is 4.87. The molecule has 4 nitrogen and oxygen atoms in total. The summed E-state index contributed by atoms with van der Waals surface area (Å²) in [7, 11) is 0. The van der Waals surface area contributed by atoms with Crippen LogP contribution >= 0.6 is 0 Å².